The van der Waals surface area contributed by atoms with Gasteiger partial charge in [-0.05, 0) is 13.5 Å². The van der Waals surface area contributed by atoms with Crippen molar-refractivity contribution in [3.8, 4) is 0 Å². The van der Waals surface area contributed by atoms with Crippen molar-refractivity contribution in [1.82, 2.24) is 15.6 Å². The molecule has 1 aromatic rings. The van der Waals surface area contributed by atoms with Gasteiger partial charge in [0.2, 0.25) is 5.91 Å². The third-order valence-electron chi connectivity index (χ3n) is 2.23. The minimum atomic E-state index is 0.000934. The Hall–Kier alpha value is -0.940. The summed E-state index contributed by atoms with van der Waals surface area (Å²) in [6.07, 6.45) is 1.83. The SMILES string of the molecule is CCNCC(C)C(=O)NCc1ncc(C)s1. The van der Waals surface area contributed by atoms with Gasteiger partial charge in [-0.1, -0.05) is 13.8 Å². The second kappa shape index (κ2) is 6.60. The van der Waals surface area contributed by atoms with Crippen molar-refractivity contribution in [3.63, 3.8) is 0 Å². The molecule has 5 heteroatoms. The molecule has 0 spiro atoms. The van der Waals surface area contributed by atoms with Crippen LogP contribution in [0.3, 0.4) is 0 Å². The minimum Gasteiger partial charge on any atom is -0.349 e. The molecular formula is C11H19N3OS. The van der Waals surface area contributed by atoms with Crippen LogP contribution < -0.4 is 10.6 Å². The summed E-state index contributed by atoms with van der Waals surface area (Å²) in [5.41, 5.74) is 0. The van der Waals surface area contributed by atoms with Gasteiger partial charge in [0.1, 0.15) is 5.01 Å². The first-order chi connectivity index (χ1) is 7.63. The summed E-state index contributed by atoms with van der Waals surface area (Å²) >= 11 is 1.62. The van der Waals surface area contributed by atoms with Crippen molar-refractivity contribution in [1.29, 1.82) is 0 Å². The van der Waals surface area contributed by atoms with Crippen molar-refractivity contribution < 1.29 is 4.79 Å². The molecule has 1 amide bonds. The lowest BCUT2D eigenvalue weighted by Gasteiger charge is -2.11. The quantitative estimate of drug-likeness (QED) is 0.789. The average Bonchev–Trinajstić information content (AvgIpc) is 2.68. The van der Waals surface area contributed by atoms with E-state index < -0.39 is 0 Å². The zero-order valence-corrected chi connectivity index (χ0v) is 10.9. The predicted octanol–water partition coefficient (Wildman–Crippen LogP) is 1.31. The number of rotatable bonds is 6. The van der Waals surface area contributed by atoms with Gasteiger partial charge in [-0.3, -0.25) is 4.79 Å². The first-order valence-electron chi connectivity index (χ1n) is 5.53. The van der Waals surface area contributed by atoms with Gasteiger partial charge in [0.05, 0.1) is 6.54 Å². The van der Waals surface area contributed by atoms with Crippen LogP contribution in [0.25, 0.3) is 0 Å². The van der Waals surface area contributed by atoms with Crippen LogP contribution in [-0.2, 0) is 11.3 Å². The van der Waals surface area contributed by atoms with Gasteiger partial charge >= 0.3 is 0 Å². The molecule has 0 aliphatic carbocycles. The number of carbonyl (C=O) groups is 1. The predicted molar refractivity (Wildman–Crippen MR) is 66.4 cm³/mol. The van der Waals surface area contributed by atoms with Gasteiger partial charge in [-0.25, -0.2) is 4.98 Å². The van der Waals surface area contributed by atoms with Crippen molar-refractivity contribution in [2.75, 3.05) is 13.1 Å². The highest BCUT2D eigenvalue weighted by Crippen LogP contribution is 2.10. The Kier molecular flexibility index (Phi) is 5.42. The van der Waals surface area contributed by atoms with Gasteiger partial charge in [-0.2, -0.15) is 0 Å². The molecule has 0 saturated carbocycles. The molecule has 16 heavy (non-hydrogen) atoms. The summed E-state index contributed by atoms with van der Waals surface area (Å²) in [5, 5.41) is 7.01. The zero-order valence-electron chi connectivity index (χ0n) is 10.0. The van der Waals surface area contributed by atoms with Gasteiger partial charge in [-0.15, -0.1) is 11.3 Å². The molecule has 0 fully saturated rings. The van der Waals surface area contributed by atoms with E-state index >= 15 is 0 Å². The van der Waals surface area contributed by atoms with Gasteiger partial charge in [0, 0.05) is 23.5 Å². The van der Waals surface area contributed by atoms with Crippen LogP contribution in [0.1, 0.15) is 23.7 Å². The van der Waals surface area contributed by atoms with Gasteiger partial charge < -0.3 is 10.6 Å². The van der Waals surface area contributed by atoms with E-state index in [0.29, 0.717) is 6.54 Å². The smallest absolute Gasteiger partial charge is 0.224 e. The molecular weight excluding hydrogens is 222 g/mol. The highest BCUT2D eigenvalue weighted by molar-refractivity contribution is 7.11. The monoisotopic (exact) mass is 241 g/mol. The van der Waals surface area contributed by atoms with E-state index in [1.165, 1.54) is 4.88 Å². The van der Waals surface area contributed by atoms with Crippen molar-refractivity contribution in [3.05, 3.63) is 16.1 Å². The maximum atomic E-state index is 11.7. The maximum Gasteiger partial charge on any atom is 0.224 e. The average molecular weight is 241 g/mol. The number of hydrogen-bond acceptors (Lipinski definition) is 4. The van der Waals surface area contributed by atoms with Crippen LogP contribution in [0.15, 0.2) is 6.20 Å². The summed E-state index contributed by atoms with van der Waals surface area (Å²) in [4.78, 5) is 17.0. The molecule has 0 bridgehead atoms. The molecule has 1 rings (SSSR count). The van der Waals surface area contributed by atoms with E-state index in [4.69, 9.17) is 0 Å². The molecule has 2 N–H and O–H groups in total. The van der Waals surface area contributed by atoms with E-state index in [1.807, 2.05) is 27.0 Å². The molecule has 0 radical (unpaired) electrons. The Morgan fingerprint density at radius 2 is 2.38 bits per heavy atom. The fourth-order valence-electron chi connectivity index (χ4n) is 1.27. The molecule has 1 unspecified atom stereocenters. The number of thiazole rings is 1. The molecule has 90 valence electrons. The van der Waals surface area contributed by atoms with Crippen molar-refractivity contribution in [2.24, 2.45) is 5.92 Å². The van der Waals surface area contributed by atoms with Crippen molar-refractivity contribution >= 4 is 17.2 Å². The van der Waals surface area contributed by atoms with E-state index in [2.05, 4.69) is 15.6 Å². The van der Waals surface area contributed by atoms with Crippen LogP contribution in [-0.4, -0.2) is 24.0 Å². The van der Waals surface area contributed by atoms with E-state index in [0.717, 1.165) is 18.1 Å². The van der Waals surface area contributed by atoms with E-state index in [-0.39, 0.29) is 11.8 Å². The molecule has 0 aromatic carbocycles. The first-order valence-corrected chi connectivity index (χ1v) is 6.34. The number of nitrogens with zero attached hydrogens (tertiary/aromatic N) is 1. The Labute approximate surface area is 100 Å². The Morgan fingerprint density at radius 1 is 1.62 bits per heavy atom. The number of amides is 1. The molecule has 4 nitrogen and oxygen atoms in total. The summed E-state index contributed by atoms with van der Waals surface area (Å²) in [5.74, 6) is 0.0785. The second-order valence-electron chi connectivity index (χ2n) is 3.79. The van der Waals surface area contributed by atoms with Gasteiger partial charge in [0.25, 0.3) is 0 Å². The summed E-state index contributed by atoms with van der Waals surface area (Å²) in [6.45, 7) is 8.11. The van der Waals surface area contributed by atoms with Crippen LogP contribution in [0.4, 0.5) is 0 Å². The lowest BCUT2D eigenvalue weighted by atomic mass is 10.1. The molecule has 0 aliphatic rings. The normalized spacial score (nSPS) is 12.4. The van der Waals surface area contributed by atoms with E-state index in [1.54, 1.807) is 11.3 Å². The molecule has 1 aromatic heterocycles. The maximum absolute atomic E-state index is 11.7. The van der Waals surface area contributed by atoms with E-state index in [9.17, 15) is 4.79 Å². The van der Waals surface area contributed by atoms with Crippen LogP contribution in [0.5, 0.6) is 0 Å². The fraction of sp³-hybridized carbons (Fsp3) is 0.636. The number of aromatic nitrogens is 1. The number of aryl methyl sites for hydroxylation is 1. The first kappa shape index (κ1) is 13.1. The number of carbonyl (C=O) groups excluding carboxylic acids is 1. The Balaban J connectivity index is 2.29. The van der Waals surface area contributed by atoms with Crippen LogP contribution >= 0.6 is 11.3 Å². The third kappa shape index (κ3) is 4.28. The second-order valence-corrected chi connectivity index (χ2v) is 5.11. The summed E-state index contributed by atoms with van der Waals surface area (Å²) < 4.78 is 0. The zero-order chi connectivity index (χ0) is 12.0. The lowest BCUT2D eigenvalue weighted by molar-refractivity contribution is -0.124. The highest BCUT2D eigenvalue weighted by atomic mass is 32.1. The highest BCUT2D eigenvalue weighted by Gasteiger charge is 2.11. The van der Waals surface area contributed by atoms with Crippen LogP contribution in [0, 0.1) is 12.8 Å². The Morgan fingerprint density at radius 3 is 2.94 bits per heavy atom. The summed E-state index contributed by atoms with van der Waals surface area (Å²) in [6, 6.07) is 0. The topological polar surface area (TPSA) is 54.0 Å². The largest absolute Gasteiger partial charge is 0.349 e. The fourth-order valence-corrected chi connectivity index (χ4v) is 2.00. The standard InChI is InChI=1S/C11H19N3OS/c1-4-12-5-8(2)11(15)14-7-10-13-6-9(3)16-10/h6,8,12H,4-5,7H2,1-3H3,(H,14,15). The number of hydrogen-bond donors (Lipinski definition) is 2. The summed E-state index contributed by atoms with van der Waals surface area (Å²) in [7, 11) is 0. The molecule has 1 heterocycles. The Bertz CT molecular complexity index is 338. The number of nitrogens with one attached hydrogen (secondary N) is 2. The molecule has 1 atom stereocenters. The minimum absolute atomic E-state index is 0.000934. The molecule has 0 saturated heterocycles. The third-order valence-corrected chi connectivity index (χ3v) is 3.14. The lowest BCUT2D eigenvalue weighted by Crippen LogP contribution is -2.34. The van der Waals surface area contributed by atoms with Crippen molar-refractivity contribution in [2.45, 2.75) is 27.3 Å². The van der Waals surface area contributed by atoms with Gasteiger partial charge in [0.15, 0.2) is 0 Å². The van der Waals surface area contributed by atoms with Crippen LogP contribution in [0.2, 0.25) is 0 Å². The molecule has 0 aliphatic heterocycles.